The van der Waals surface area contributed by atoms with Gasteiger partial charge in [-0.3, -0.25) is 0 Å². The molecule has 2 rings (SSSR count). The molecule has 0 aromatic heterocycles. The summed E-state index contributed by atoms with van der Waals surface area (Å²) >= 11 is 0. The third-order valence-corrected chi connectivity index (χ3v) is 3.80. The molecule has 1 aromatic rings. The summed E-state index contributed by atoms with van der Waals surface area (Å²) in [5.41, 5.74) is 8.60. The normalized spacial score (nSPS) is 24.6. The fourth-order valence-electron chi connectivity index (χ4n) is 2.75. The molecule has 3 N–H and O–H groups in total. The molecule has 17 heavy (non-hydrogen) atoms. The van der Waals surface area contributed by atoms with Crippen LogP contribution in [0.5, 0.6) is 5.75 Å². The summed E-state index contributed by atoms with van der Waals surface area (Å²) in [7, 11) is 1.71. The number of piperidine rings is 1. The Balaban J connectivity index is 2.25. The summed E-state index contributed by atoms with van der Waals surface area (Å²) in [6.07, 6.45) is 1.17. The maximum atomic E-state index is 5.88. The van der Waals surface area contributed by atoms with Crippen LogP contribution in [0, 0.1) is 12.8 Å². The van der Waals surface area contributed by atoms with Gasteiger partial charge in [0.2, 0.25) is 0 Å². The fourth-order valence-corrected chi connectivity index (χ4v) is 2.75. The smallest absolute Gasteiger partial charge is 0.119 e. The molecule has 0 amide bonds. The predicted octanol–water partition coefficient (Wildman–Crippen LogP) is 1.66. The van der Waals surface area contributed by atoms with Crippen LogP contribution in [-0.2, 0) is 0 Å². The molecule has 0 spiro atoms. The molecule has 1 aliphatic heterocycles. The summed E-state index contributed by atoms with van der Waals surface area (Å²) in [5, 5.41) is 3.47. The summed E-state index contributed by atoms with van der Waals surface area (Å²) in [6.45, 7) is 5.06. The zero-order valence-corrected chi connectivity index (χ0v) is 10.7. The van der Waals surface area contributed by atoms with Gasteiger partial charge in [-0.2, -0.15) is 0 Å². The van der Waals surface area contributed by atoms with Gasteiger partial charge < -0.3 is 15.8 Å². The lowest BCUT2D eigenvalue weighted by Crippen LogP contribution is -2.38. The van der Waals surface area contributed by atoms with E-state index in [1.807, 2.05) is 6.07 Å². The molecule has 0 bridgehead atoms. The van der Waals surface area contributed by atoms with E-state index >= 15 is 0 Å². The van der Waals surface area contributed by atoms with Crippen LogP contribution in [0.2, 0.25) is 0 Å². The molecule has 2 unspecified atom stereocenters. The number of aryl methyl sites for hydroxylation is 1. The molecule has 1 aromatic carbocycles. The van der Waals surface area contributed by atoms with Crippen molar-refractivity contribution in [3.63, 3.8) is 0 Å². The highest BCUT2D eigenvalue weighted by Gasteiger charge is 2.26. The Morgan fingerprint density at radius 3 is 2.94 bits per heavy atom. The van der Waals surface area contributed by atoms with Crippen molar-refractivity contribution in [3.8, 4) is 5.75 Å². The number of hydrogen-bond donors (Lipinski definition) is 2. The van der Waals surface area contributed by atoms with Crippen molar-refractivity contribution in [3.05, 3.63) is 29.3 Å². The first-order valence-corrected chi connectivity index (χ1v) is 6.31. The second-order valence-corrected chi connectivity index (χ2v) is 4.82. The molecule has 1 heterocycles. The van der Waals surface area contributed by atoms with Gasteiger partial charge in [-0.25, -0.2) is 0 Å². The number of benzene rings is 1. The third kappa shape index (κ3) is 2.61. The second kappa shape index (κ2) is 5.52. The fraction of sp³-hybridized carbons (Fsp3) is 0.571. The maximum Gasteiger partial charge on any atom is 0.119 e. The van der Waals surface area contributed by atoms with Crippen LogP contribution in [0.1, 0.15) is 23.5 Å². The molecule has 1 saturated heterocycles. The Morgan fingerprint density at radius 2 is 2.29 bits per heavy atom. The topological polar surface area (TPSA) is 47.3 Å². The summed E-state index contributed by atoms with van der Waals surface area (Å²) < 4.78 is 5.25. The molecule has 3 nitrogen and oxygen atoms in total. The van der Waals surface area contributed by atoms with Crippen LogP contribution < -0.4 is 15.8 Å². The first-order valence-electron chi connectivity index (χ1n) is 6.31. The molecule has 0 radical (unpaired) electrons. The molecule has 94 valence electrons. The average Bonchev–Trinajstić information content (AvgIpc) is 2.38. The van der Waals surface area contributed by atoms with Gasteiger partial charge >= 0.3 is 0 Å². The van der Waals surface area contributed by atoms with Crippen LogP contribution in [0.4, 0.5) is 0 Å². The van der Waals surface area contributed by atoms with E-state index in [1.165, 1.54) is 17.5 Å². The Morgan fingerprint density at radius 1 is 1.47 bits per heavy atom. The Bertz CT molecular complexity index is 378. The van der Waals surface area contributed by atoms with E-state index < -0.39 is 0 Å². The van der Waals surface area contributed by atoms with Gasteiger partial charge in [-0.1, -0.05) is 6.07 Å². The van der Waals surface area contributed by atoms with Crippen molar-refractivity contribution in [1.82, 2.24) is 5.32 Å². The molecule has 1 fully saturated rings. The van der Waals surface area contributed by atoms with Crippen LogP contribution in [0.25, 0.3) is 0 Å². The lowest BCUT2D eigenvalue weighted by Gasteiger charge is -2.32. The van der Waals surface area contributed by atoms with E-state index in [0.717, 1.165) is 25.4 Å². The van der Waals surface area contributed by atoms with Crippen molar-refractivity contribution < 1.29 is 4.74 Å². The second-order valence-electron chi connectivity index (χ2n) is 4.82. The molecular weight excluding hydrogens is 212 g/mol. The summed E-state index contributed by atoms with van der Waals surface area (Å²) in [4.78, 5) is 0. The number of nitrogens with two attached hydrogens (primary N) is 1. The van der Waals surface area contributed by atoms with Crippen molar-refractivity contribution in [2.75, 3.05) is 26.7 Å². The van der Waals surface area contributed by atoms with E-state index in [4.69, 9.17) is 10.5 Å². The third-order valence-electron chi connectivity index (χ3n) is 3.80. The number of nitrogens with one attached hydrogen (secondary N) is 1. The van der Waals surface area contributed by atoms with E-state index in [0.29, 0.717) is 11.8 Å². The Labute approximate surface area is 103 Å². The van der Waals surface area contributed by atoms with E-state index in [1.54, 1.807) is 7.11 Å². The minimum Gasteiger partial charge on any atom is -0.497 e. The molecule has 2 atom stereocenters. The molecule has 1 aliphatic rings. The van der Waals surface area contributed by atoms with Gasteiger partial charge in [0, 0.05) is 12.5 Å². The van der Waals surface area contributed by atoms with Gasteiger partial charge in [0.05, 0.1) is 7.11 Å². The Hall–Kier alpha value is -1.06. The molecular formula is C14H22N2O. The van der Waals surface area contributed by atoms with Crippen LogP contribution in [0.15, 0.2) is 18.2 Å². The van der Waals surface area contributed by atoms with Gasteiger partial charge in [0.1, 0.15) is 5.75 Å². The number of methoxy groups -OCH3 is 1. The van der Waals surface area contributed by atoms with Crippen molar-refractivity contribution in [2.45, 2.75) is 19.3 Å². The first-order chi connectivity index (χ1) is 8.26. The number of hydrogen-bond acceptors (Lipinski definition) is 3. The highest BCUT2D eigenvalue weighted by molar-refractivity contribution is 5.37. The van der Waals surface area contributed by atoms with E-state index in [2.05, 4.69) is 24.4 Å². The monoisotopic (exact) mass is 234 g/mol. The summed E-state index contributed by atoms with van der Waals surface area (Å²) in [5.74, 6) is 2.07. The highest BCUT2D eigenvalue weighted by Crippen LogP contribution is 2.32. The van der Waals surface area contributed by atoms with Crippen LogP contribution >= 0.6 is 0 Å². The average molecular weight is 234 g/mol. The SMILES string of the molecule is COc1ccc(C2CNCCC2CN)c(C)c1. The minimum absolute atomic E-state index is 0.541. The van der Waals surface area contributed by atoms with Gasteiger partial charge in [-0.15, -0.1) is 0 Å². The van der Waals surface area contributed by atoms with Gasteiger partial charge in [0.15, 0.2) is 0 Å². The quantitative estimate of drug-likeness (QED) is 0.836. The maximum absolute atomic E-state index is 5.88. The van der Waals surface area contributed by atoms with Crippen LogP contribution in [-0.4, -0.2) is 26.7 Å². The standard InChI is InChI=1S/C14H22N2O/c1-10-7-12(17-2)3-4-13(10)14-9-16-6-5-11(14)8-15/h3-4,7,11,14,16H,5-6,8-9,15H2,1-2H3. The Kier molecular flexibility index (Phi) is 4.02. The van der Waals surface area contributed by atoms with Gasteiger partial charge in [0.25, 0.3) is 0 Å². The van der Waals surface area contributed by atoms with Crippen LogP contribution in [0.3, 0.4) is 0 Å². The first kappa shape index (κ1) is 12.4. The molecule has 3 heteroatoms. The van der Waals surface area contributed by atoms with Gasteiger partial charge in [-0.05, 0) is 55.6 Å². The van der Waals surface area contributed by atoms with E-state index in [-0.39, 0.29) is 0 Å². The molecule has 0 aliphatic carbocycles. The largest absolute Gasteiger partial charge is 0.497 e. The zero-order valence-electron chi connectivity index (χ0n) is 10.7. The highest BCUT2D eigenvalue weighted by atomic mass is 16.5. The summed E-state index contributed by atoms with van der Waals surface area (Å²) in [6, 6.07) is 6.34. The number of rotatable bonds is 3. The minimum atomic E-state index is 0.541. The lowest BCUT2D eigenvalue weighted by molar-refractivity contribution is 0.330. The predicted molar refractivity (Wildman–Crippen MR) is 70.5 cm³/mol. The van der Waals surface area contributed by atoms with Crippen molar-refractivity contribution >= 4 is 0 Å². The van der Waals surface area contributed by atoms with Crippen molar-refractivity contribution in [1.29, 1.82) is 0 Å². The van der Waals surface area contributed by atoms with Crippen molar-refractivity contribution in [2.24, 2.45) is 11.7 Å². The zero-order chi connectivity index (χ0) is 12.3. The lowest BCUT2D eigenvalue weighted by atomic mass is 9.80. The molecule has 0 saturated carbocycles. The van der Waals surface area contributed by atoms with E-state index in [9.17, 15) is 0 Å². The number of ether oxygens (including phenoxy) is 1.